The van der Waals surface area contributed by atoms with Crippen molar-refractivity contribution >= 4 is 28.2 Å². The molecule has 1 N–H and O–H groups in total. The zero-order valence-corrected chi connectivity index (χ0v) is 16.6. The van der Waals surface area contributed by atoms with Crippen molar-refractivity contribution in [2.24, 2.45) is 0 Å². The molecule has 0 atom stereocenters. The van der Waals surface area contributed by atoms with E-state index in [1.807, 2.05) is 72.8 Å². The highest BCUT2D eigenvalue weighted by Gasteiger charge is 2.18. The van der Waals surface area contributed by atoms with E-state index in [1.54, 1.807) is 12.1 Å². The van der Waals surface area contributed by atoms with Crippen LogP contribution >= 0.6 is 11.3 Å². The third-order valence-electron chi connectivity index (χ3n) is 4.47. The zero-order valence-electron chi connectivity index (χ0n) is 15.8. The van der Waals surface area contributed by atoms with Crippen molar-refractivity contribution in [3.63, 3.8) is 0 Å². The maximum atomic E-state index is 12.7. The number of nitrogens with zero attached hydrogens (tertiary/aromatic N) is 1. The summed E-state index contributed by atoms with van der Waals surface area (Å²) in [6, 6.07) is 26.9. The van der Waals surface area contributed by atoms with Crippen LogP contribution in [0, 0.1) is 0 Å². The monoisotopic (exact) mass is 398 g/mol. The van der Waals surface area contributed by atoms with E-state index in [9.17, 15) is 9.59 Å². The van der Waals surface area contributed by atoms with Gasteiger partial charge in [-0.15, -0.1) is 0 Å². The van der Waals surface area contributed by atoms with Crippen LogP contribution in [-0.2, 0) is 0 Å². The molecule has 0 unspecified atom stereocenters. The standard InChI is InChI=1S/C24H18N2O2S/c1-16(27)22-21(19-10-6-3-7-11-19)25-24(29-22)26-23(28)20-14-12-18(13-15-20)17-8-4-2-5-9-17/h2-15H,1H3,(H,25,26,28). The zero-order chi connectivity index (χ0) is 20.2. The molecule has 1 aromatic heterocycles. The number of aromatic nitrogens is 1. The second-order valence-electron chi connectivity index (χ2n) is 6.52. The lowest BCUT2D eigenvalue weighted by molar-refractivity contribution is 0.101. The van der Waals surface area contributed by atoms with Crippen molar-refractivity contribution < 1.29 is 9.59 Å². The van der Waals surface area contributed by atoms with E-state index >= 15 is 0 Å². The first kappa shape index (κ1) is 18.8. The smallest absolute Gasteiger partial charge is 0.257 e. The van der Waals surface area contributed by atoms with E-state index in [4.69, 9.17) is 0 Å². The van der Waals surface area contributed by atoms with Crippen LogP contribution in [0.3, 0.4) is 0 Å². The van der Waals surface area contributed by atoms with E-state index in [1.165, 1.54) is 18.3 Å². The molecule has 4 aromatic rings. The summed E-state index contributed by atoms with van der Waals surface area (Å²) in [4.78, 5) is 29.7. The first-order valence-corrected chi connectivity index (χ1v) is 9.97. The number of carbonyl (C=O) groups is 2. The molecule has 4 nitrogen and oxygen atoms in total. The molecule has 142 valence electrons. The van der Waals surface area contributed by atoms with Crippen LogP contribution in [0.5, 0.6) is 0 Å². The van der Waals surface area contributed by atoms with Gasteiger partial charge in [-0.25, -0.2) is 4.98 Å². The Morgan fingerprint density at radius 3 is 1.90 bits per heavy atom. The number of hydrogen-bond donors (Lipinski definition) is 1. The lowest BCUT2D eigenvalue weighted by atomic mass is 10.0. The van der Waals surface area contributed by atoms with Crippen molar-refractivity contribution in [3.05, 3.63) is 95.4 Å². The summed E-state index contributed by atoms with van der Waals surface area (Å²) < 4.78 is 0. The first-order valence-electron chi connectivity index (χ1n) is 9.16. The van der Waals surface area contributed by atoms with Crippen LogP contribution in [-0.4, -0.2) is 16.7 Å². The Morgan fingerprint density at radius 2 is 1.31 bits per heavy atom. The number of thiazole rings is 1. The van der Waals surface area contributed by atoms with Crippen LogP contribution in [0.4, 0.5) is 5.13 Å². The molecule has 0 aliphatic heterocycles. The van der Waals surface area contributed by atoms with Crippen molar-refractivity contribution in [1.29, 1.82) is 0 Å². The van der Waals surface area contributed by atoms with Crippen molar-refractivity contribution in [2.75, 3.05) is 5.32 Å². The van der Waals surface area contributed by atoms with Gasteiger partial charge in [0.25, 0.3) is 5.91 Å². The summed E-state index contributed by atoms with van der Waals surface area (Å²) in [6.45, 7) is 1.51. The Morgan fingerprint density at radius 1 is 0.759 bits per heavy atom. The van der Waals surface area contributed by atoms with Gasteiger partial charge in [-0.3, -0.25) is 14.9 Å². The van der Waals surface area contributed by atoms with Gasteiger partial charge in [0, 0.05) is 18.1 Å². The SMILES string of the molecule is CC(=O)c1sc(NC(=O)c2ccc(-c3ccccc3)cc2)nc1-c1ccccc1. The number of carbonyl (C=O) groups excluding carboxylic acids is 2. The molecule has 0 saturated carbocycles. The third-order valence-corrected chi connectivity index (χ3v) is 5.54. The number of hydrogen-bond acceptors (Lipinski definition) is 4. The molecule has 5 heteroatoms. The number of rotatable bonds is 5. The number of anilines is 1. The molecule has 0 aliphatic rings. The molecular formula is C24H18N2O2S. The number of ketones is 1. The predicted octanol–water partition coefficient (Wildman–Crippen LogP) is 5.93. The number of nitrogens with one attached hydrogen (secondary N) is 1. The van der Waals surface area contributed by atoms with Gasteiger partial charge in [-0.1, -0.05) is 84.1 Å². The molecule has 0 fully saturated rings. The fraction of sp³-hybridized carbons (Fsp3) is 0.0417. The molecule has 1 amide bonds. The third kappa shape index (κ3) is 4.15. The second-order valence-corrected chi connectivity index (χ2v) is 7.52. The molecule has 0 spiro atoms. The Labute approximate surface area is 172 Å². The van der Waals surface area contributed by atoms with Crippen LogP contribution in [0.15, 0.2) is 84.9 Å². The van der Waals surface area contributed by atoms with Crippen molar-refractivity contribution in [2.45, 2.75) is 6.92 Å². The molecule has 29 heavy (non-hydrogen) atoms. The largest absolute Gasteiger partial charge is 0.298 e. The molecule has 0 radical (unpaired) electrons. The molecule has 3 aromatic carbocycles. The average Bonchev–Trinajstić information content (AvgIpc) is 3.19. The number of amides is 1. The minimum Gasteiger partial charge on any atom is -0.298 e. The van der Waals surface area contributed by atoms with E-state index in [0.29, 0.717) is 21.3 Å². The Hall–Kier alpha value is -3.57. The Bertz CT molecular complexity index is 1150. The normalized spacial score (nSPS) is 10.5. The van der Waals surface area contributed by atoms with Gasteiger partial charge in [0.2, 0.25) is 0 Å². The lowest BCUT2D eigenvalue weighted by Gasteiger charge is -2.04. The fourth-order valence-corrected chi connectivity index (χ4v) is 3.90. The second kappa shape index (κ2) is 8.20. The Balaban J connectivity index is 1.56. The highest BCUT2D eigenvalue weighted by atomic mass is 32.1. The van der Waals surface area contributed by atoms with Gasteiger partial charge in [0.15, 0.2) is 10.9 Å². The van der Waals surface area contributed by atoms with E-state index in [0.717, 1.165) is 16.7 Å². The summed E-state index contributed by atoms with van der Waals surface area (Å²) in [6.07, 6.45) is 0. The lowest BCUT2D eigenvalue weighted by Crippen LogP contribution is -2.11. The van der Waals surface area contributed by atoms with E-state index in [-0.39, 0.29) is 11.7 Å². The molecule has 4 rings (SSSR count). The van der Waals surface area contributed by atoms with Gasteiger partial charge < -0.3 is 0 Å². The van der Waals surface area contributed by atoms with E-state index in [2.05, 4.69) is 10.3 Å². The van der Waals surface area contributed by atoms with Gasteiger partial charge in [0.05, 0.1) is 10.6 Å². The Kier molecular flexibility index (Phi) is 5.31. The summed E-state index contributed by atoms with van der Waals surface area (Å²) in [5, 5.41) is 3.23. The van der Waals surface area contributed by atoms with Crippen LogP contribution < -0.4 is 5.32 Å². The van der Waals surface area contributed by atoms with Gasteiger partial charge >= 0.3 is 0 Å². The van der Waals surface area contributed by atoms with Gasteiger partial charge in [0.1, 0.15) is 0 Å². The van der Waals surface area contributed by atoms with Crippen LogP contribution in [0.2, 0.25) is 0 Å². The molecular weight excluding hydrogens is 380 g/mol. The highest BCUT2D eigenvalue weighted by Crippen LogP contribution is 2.31. The molecule has 0 saturated heterocycles. The quantitative estimate of drug-likeness (QED) is 0.424. The van der Waals surface area contributed by atoms with E-state index < -0.39 is 0 Å². The number of benzene rings is 3. The minimum absolute atomic E-state index is 0.0749. The summed E-state index contributed by atoms with van der Waals surface area (Å²) >= 11 is 1.19. The topological polar surface area (TPSA) is 59.1 Å². The molecule has 0 aliphatic carbocycles. The summed E-state index contributed by atoms with van der Waals surface area (Å²) in [5.74, 6) is -0.331. The van der Waals surface area contributed by atoms with Crippen LogP contribution in [0.25, 0.3) is 22.4 Å². The predicted molar refractivity (Wildman–Crippen MR) is 117 cm³/mol. The van der Waals surface area contributed by atoms with Gasteiger partial charge in [-0.05, 0) is 23.3 Å². The first-order chi connectivity index (χ1) is 14.1. The van der Waals surface area contributed by atoms with Crippen molar-refractivity contribution in [3.8, 4) is 22.4 Å². The highest BCUT2D eigenvalue weighted by molar-refractivity contribution is 7.18. The maximum Gasteiger partial charge on any atom is 0.257 e. The summed E-state index contributed by atoms with van der Waals surface area (Å²) in [7, 11) is 0. The maximum absolute atomic E-state index is 12.7. The summed E-state index contributed by atoms with van der Waals surface area (Å²) in [5.41, 5.74) is 4.12. The number of Topliss-reactive ketones (excluding diaryl/α,β-unsaturated/α-hetero) is 1. The van der Waals surface area contributed by atoms with Crippen LogP contribution in [0.1, 0.15) is 27.0 Å². The minimum atomic E-state index is -0.256. The van der Waals surface area contributed by atoms with Crippen molar-refractivity contribution in [1.82, 2.24) is 4.98 Å². The van der Waals surface area contributed by atoms with Gasteiger partial charge in [-0.2, -0.15) is 0 Å². The average molecular weight is 398 g/mol. The fourth-order valence-electron chi connectivity index (χ4n) is 3.02. The molecule has 1 heterocycles. The molecule has 0 bridgehead atoms.